The van der Waals surface area contributed by atoms with E-state index in [0.29, 0.717) is 38.5 Å². The topological polar surface area (TPSA) is 23.6 Å². The second-order valence-electron chi connectivity index (χ2n) is 5.96. The summed E-state index contributed by atoms with van der Waals surface area (Å²) in [6, 6.07) is 0. The number of hydrogen-bond acceptors (Lipinski definition) is 2. The van der Waals surface area contributed by atoms with E-state index in [1.54, 1.807) is 4.90 Å². The van der Waals surface area contributed by atoms with Gasteiger partial charge >= 0.3 is 6.18 Å². The molecule has 2 rings (SSSR count). The lowest BCUT2D eigenvalue weighted by Gasteiger charge is -2.35. The quantitative estimate of drug-likeness (QED) is 0.795. The van der Waals surface area contributed by atoms with Gasteiger partial charge in [-0.05, 0) is 12.3 Å². The molecular formula is C14H23F3N2O. The van der Waals surface area contributed by atoms with Gasteiger partial charge in [0.05, 0.1) is 6.54 Å². The Balaban J connectivity index is 1.66. The fraction of sp³-hybridized carbons (Fsp3) is 0.929. The van der Waals surface area contributed by atoms with E-state index in [-0.39, 0.29) is 5.91 Å². The first-order valence-corrected chi connectivity index (χ1v) is 7.51. The van der Waals surface area contributed by atoms with Crippen LogP contribution in [0.5, 0.6) is 0 Å². The molecule has 0 aromatic heterocycles. The molecule has 2 fully saturated rings. The number of carbonyl (C=O) groups excluding carboxylic acids is 1. The maximum Gasteiger partial charge on any atom is 0.401 e. The Morgan fingerprint density at radius 1 is 1.05 bits per heavy atom. The highest BCUT2D eigenvalue weighted by atomic mass is 19.4. The van der Waals surface area contributed by atoms with E-state index in [1.807, 2.05) is 0 Å². The zero-order valence-corrected chi connectivity index (χ0v) is 11.8. The molecule has 20 heavy (non-hydrogen) atoms. The molecule has 0 atom stereocenters. The summed E-state index contributed by atoms with van der Waals surface area (Å²) in [6.45, 7) is 0.652. The van der Waals surface area contributed by atoms with Crippen molar-refractivity contribution in [1.29, 1.82) is 0 Å². The van der Waals surface area contributed by atoms with Crippen LogP contribution in [0.15, 0.2) is 0 Å². The second kappa shape index (κ2) is 6.78. The average Bonchev–Trinajstić information content (AvgIpc) is 2.88. The molecule has 6 heteroatoms. The van der Waals surface area contributed by atoms with E-state index in [0.717, 1.165) is 6.42 Å². The van der Waals surface area contributed by atoms with Gasteiger partial charge in [0, 0.05) is 32.6 Å². The molecule has 0 aromatic rings. The SMILES string of the molecule is O=C(CCC1CCCC1)N1CCN(CC(F)(F)F)CC1. The van der Waals surface area contributed by atoms with Crippen molar-refractivity contribution >= 4 is 5.91 Å². The van der Waals surface area contributed by atoms with E-state index in [1.165, 1.54) is 30.6 Å². The van der Waals surface area contributed by atoms with Crippen LogP contribution in [-0.4, -0.2) is 54.6 Å². The zero-order valence-electron chi connectivity index (χ0n) is 11.8. The maximum absolute atomic E-state index is 12.3. The van der Waals surface area contributed by atoms with Crippen molar-refractivity contribution in [1.82, 2.24) is 9.80 Å². The molecule has 116 valence electrons. The largest absolute Gasteiger partial charge is 0.401 e. The molecule has 1 aliphatic heterocycles. The average molecular weight is 292 g/mol. The number of hydrogen-bond donors (Lipinski definition) is 0. The van der Waals surface area contributed by atoms with Gasteiger partial charge in [-0.3, -0.25) is 9.69 Å². The Labute approximate surface area is 118 Å². The van der Waals surface area contributed by atoms with Crippen molar-refractivity contribution in [2.24, 2.45) is 5.92 Å². The molecule has 1 amide bonds. The standard InChI is InChI=1S/C14H23F3N2O/c15-14(16,17)11-18-7-9-19(10-8-18)13(20)6-5-12-3-1-2-4-12/h12H,1-11H2. The van der Waals surface area contributed by atoms with Crippen molar-refractivity contribution in [3.8, 4) is 0 Å². The summed E-state index contributed by atoms with van der Waals surface area (Å²) in [6.07, 6.45) is 2.36. The van der Waals surface area contributed by atoms with Gasteiger partial charge in [0.1, 0.15) is 0 Å². The summed E-state index contributed by atoms with van der Waals surface area (Å²) in [5, 5.41) is 0. The van der Waals surface area contributed by atoms with Crippen LogP contribution in [0.2, 0.25) is 0 Å². The predicted octanol–water partition coefficient (Wildman–Crippen LogP) is 2.66. The van der Waals surface area contributed by atoms with E-state index in [2.05, 4.69) is 0 Å². The van der Waals surface area contributed by atoms with Gasteiger partial charge in [0.15, 0.2) is 0 Å². The lowest BCUT2D eigenvalue weighted by Crippen LogP contribution is -2.50. The predicted molar refractivity (Wildman–Crippen MR) is 70.3 cm³/mol. The van der Waals surface area contributed by atoms with Crippen LogP contribution in [0.1, 0.15) is 38.5 Å². The van der Waals surface area contributed by atoms with Crippen molar-refractivity contribution in [3.05, 3.63) is 0 Å². The first-order chi connectivity index (χ1) is 9.44. The Hall–Kier alpha value is -0.780. The minimum atomic E-state index is -4.14. The van der Waals surface area contributed by atoms with Gasteiger partial charge in [-0.2, -0.15) is 13.2 Å². The molecule has 0 bridgehead atoms. The molecule has 1 aliphatic carbocycles. The van der Waals surface area contributed by atoms with Gasteiger partial charge in [0.25, 0.3) is 0 Å². The zero-order chi connectivity index (χ0) is 14.6. The summed E-state index contributed by atoms with van der Waals surface area (Å²) in [5.74, 6) is 0.800. The highest BCUT2D eigenvalue weighted by Gasteiger charge is 2.32. The monoisotopic (exact) mass is 292 g/mol. The van der Waals surface area contributed by atoms with Gasteiger partial charge < -0.3 is 4.90 Å². The minimum absolute atomic E-state index is 0.114. The van der Waals surface area contributed by atoms with Crippen LogP contribution in [0.3, 0.4) is 0 Å². The van der Waals surface area contributed by atoms with E-state index in [4.69, 9.17) is 0 Å². The van der Waals surface area contributed by atoms with Gasteiger partial charge in [-0.15, -0.1) is 0 Å². The van der Waals surface area contributed by atoms with Crippen molar-refractivity contribution in [2.75, 3.05) is 32.7 Å². The molecule has 0 aromatic carbocycles. The number of amides is 1. The number of rotatable bonds is 4. The van der Waals surface area contributed by atoms with Crippen molar-refractivity contribution in [2.45, 2.75) is 44.7 Å². The van der Waals surface area contributed by atoms with E-state index in [9.17, 15) is 18.0 Å². The summed E-state index contributed by atoms with van der Waals surface area (Å²) < 4.78 is 36.8. The molecule has 0 radical (unpaired) electrons. The number of halogens is 3. The summed E-state index contributed by atoms with van der Waals surface area (Å²) in [7, 11) is 0. The lowest BCUT2D eigenvalue weighted by molar-refractivity contribution is -0.151. The van der Waals surface area contributed by atoms with Gasteiger partial charge in [0.2, 0.25) is 5.91 Å². The maximum atomic E-state index is 12.3. The number of nitrogens with zero attached hydrogens (tertiary/aromatic N) is 2. The Bertz CT molecular complexity index is 319. The first kappa shape index (κ1) is 15.6. The summed E-state index contributed by atoms with van der Waals surface area (Å²) in [5.41, 5.74) is 0. The van der Waals surface area contributed by atoms with Crippen LogP contribution in [-0.2, 0) is 4.79 Å². The normalized spacial score (nSPS) is 22.4. The van der Waals surface area contributed by atoms with Crippen molar-refractivity contribution in [3.63, 3.8) is 0 Å². The number of piperazine rings is 1. The van der Waals surface area contributed by atoms with E-state index >= 15 is 0 Å². The third kappa shape index (κ3) is 4.96. The second-order valence-corrected chi connectivity index (χ2v) is 5.96. The highest BCUT2D eigenvalue weighted by Crippen LogP contribution is 2.28. The van der Waals surface area contributed by atoms with Crippen LogP contribution in [0.4, 0.5) is 13.2 Å². The molecule has 1 saturated carbocycles. The minimum Gasteiger partial charge on any atom is -0.340 e. The van der Waals surface area contributed by atoms with E-state index < -0.39 is 12.7 Å². The van der Waals surface area contributed by atoms with Gasteiger partial charge in [-0.1, -0.05) is 25.7 Å². The van der Waals surface area contributed by atoms with Crippen LogP contribution in [0.25, 0.3) is 0 Å². The molecular weight excluding hydrogens is 269 g/mol. The molecule has 1 saturated heterocycles. The van der Waals surface area contributed by atoms with Crippen molar-refractivity contribution < 1.29 is 18.0 Å². The fourth-order valence-electron chi connectivity index (χ4n) is 3.19. The number of alkyl halides is 3. The van der Waals surface area contributed by atoms with Crippen LogP contribution >= 0.6 is 0 Å². The van der Waals surface area contributed by atoms with Crippen LogP contribution in [0, 0.1) is 5.92 Å². The smallest absolute Gasteiger partial charge is 0.340 e. The highest BCUT2D eigenvalue weighted by molar-refractivity contribution is 5.76. The third-order valence-corrected chi connectivity index (χ3v) is 4.37. The first-order valence-electron chi connectivity index (χ1n) is 7.51. The number of carbonyl (C=O) groups is 1. The Morgan fingerprint density at radius 2 is 1.65 bits per heavy atom. The molecule has 0 unspecified atom stereocenters. The molecule has 0 spiro atoms. The molecule has 1 heterocycles. The Kier molecular flexibility index (Phi) is 5.29. The third-order valence-electron chi connectivity index (χ3n) is 4.37. The Morgan fingerprint density at radius 3 is 2.20 bits per heavy atom. The molecule has 3 nitrogen and oxygen atoms in total. The molecule has 2 aliphatic rings. The van der Waals surface area contributed by atoms with Crippen LogP contribution < -0.4 is 0 Å². The summed E-state index contributed by atoms with van der Waals surface area (Å²) in [4.78, 5) is 15.1. The fourth-order valence-corrected chi connectivity index (χ4v) is 3.19. The lowest BCUT2D eigenvalue weighted by atomic mass is 10.0. The summed E-state index contributed by atoms with van der Waals surface area (Å²) >= 11 is 0. The molecule has 0 N–H and O–H groups in total. The van der Waals surface area contributed by atoms with Gasteiger partial charge in [-0.25, -0.2) is 0 Å².